The predicted octanol–water partition coefficient (Wildman–Crippen LogP) is 5.84. The topological polar surface area (TPSA) is 14.1 Å². The fourth-order valence-corrected chi connectivity index (χ4v) is 1.61. The van der Waals surface area contributed by atoms with Crippen molar-refractivity contribution in [2.75, 3.05) is 0 Å². The summed E-state index contributed by atoms with van der Waals surface area (Å²) in [6.07, 6.45) is 8.48. The fraction of sp³-hybridized carbons (Fsp3) is 0.647. The number of allylic oxidation sites excluding steroid dienone is 3. The van der Waals surface area contributed by atoms with Gasteiger partial charge in [-0.1, -0.05) is 72.4 Å². The zero-order valence-corrected chi connectivity index (χ0v) is 17.9. The summed E-state index contributed by atoms with van der Waals surface area (Å²) in [7, 11) is 0.750. The van der Waals surface area contributed by atoms with Gasteiger partial charge in [0, 0.05) is 9.52 Å². The zero-order valence-electron chi connectivity index (χ0n) is 15.2. The molecule has 0 aliphatic heterocycles. The van der Waals surface area contributed by atoms with Crippen molar-refractivity contribution in [3.8, 4) is 0 Å². The third kappa shape index (κ3) is 9.20. The Bertz CT molecular complexity index is 279. The normalized spacial score (nSPS) is 15.2. The van der Waals surface area contributed by atoms with E-state index < -0.39 is 0 Å². The van der Waals surface area contributed by atoms with Gasteiger partial charge in [0.05, 0.1) is 0 Å². The maximum atomic E-state index is 4.90. The molecule has 116 valence electrons. The van der Waals surface area contributed by atoms with E-state index in [9.17, 15) is 0 Å². The van der Waals surface area contributed by atoms with Gasteiger partial charge in [0.1, 0.15) is 0 Å². The molecule has 0 fully saturated rings. The summed E-state index contributed by atoms with van der Waals surface area (Å²) in [6.45, 7) is 15.7. The summed E-state index contributed by atoms with van der Waals surface area (Å²) < 4.78 is 0. The Morgan fingerprint density at radius 3 is 1.85 bits per heavy atom. The quantitative estimate of drug-likeness (QED) is 0.456. The van der Waals surface area contributed by atoms with Gasteiger partial charge in [-0.3, -0.25) is 0 Å². The van der Waals surface area contributed by atoms with Crippen molar-refractivity contribution in [2.24, 2.45) is 5.41 Å². The van der Waals surface area contributed by atoms with Crippen molar-refractivity contribution in [2.45, 2.75) is 66.1 Å². The van der Waals surface area contributed by atoms with E-state index in [1.54, 1.807) is 0 Å². The second-order valence-electron chi connectivity index (χ2n) is 5.86. The Morgan fingerprint density at radius 1 is 1.15 bits per heavy atom. The van der Waals surface area contributed by atoms with Gasteiger partial charge in [0.25, 0.3) is 0 Å². The van der Waals surface area contributed by atoms with Crippen molar-refractivity contribution >= 4 is 9.52 Å². The summed E-state index contributed by atoms with van der Waals surface area (Å²) >= 11 is 0. The van der Waals surface area contributed by atoms with Crippen LogP contribution in [0.4, 0.5) is 0 Å². The fourth-order valence-electron chi connectivity index (χ4n) is 1.61. The summed E-state index contributed by atoms with van der Waals surface area (Å²) in [5.74, 6) is 0. The Kier molecular flexibility index (Phi) is 18.3. The van der Waals surface area contributed by atoms with Gasteiger partial charge >= 0.3 is 21.7 Å². The molecule has 0 saturated heterocycles. The number of rotatable bonds is 3. The maximum absolute atomic E-state index is 4.90. The van der Waals surface area contributed by atoms with Crippen LogP contribution in [0.15, 0.2) is 23.9 Å². The van der Waals surface area contributed by atoms with E-state index >= 15 is 0 Å². The maximum Gasteiger partial charge on any atom is 3.00 e. The minimum absolute atomic E-state index is 0. The first-order chi connectivity index (χ1) is 7.80. The molecule has 3 heteroatoms. The van der Waals surface area contributed by atoms with Crippen LogP contribution in [0.2, 0.25) is 13.1 Å². The van der Waals surface area contributed by atoms with Crippen LogP contribution < -0.4 is 0 Å². The van der Waals surface area contributed by atoms with Crippen LogP contribution in [0.3, 0.4) is 0 Å². The van der Waals surface area contributed by atoms with E-state index in [2.05, 4.69) is 65.9 Å². The molecule has 0 saturated carbocycles. The summed E-state index contributed by atoms with van der Waals surface area (Å²) in [5, 5.41) is 4.90. The van der Waals surface area contributed by atoms with Gasteiger partial charge in [-0.05, 0) is 11.8 Å². The average Bonchev–Trinajstić information content (AvgIpc) is 2.69. The molecule has 0 amide bonds. The van der Waals surface area contributed by atoms with Crippen LogP contribution in [-0.4, -0.2) is 15.1 Å². The summed E-state index contributed by atoms with van der Waals surface area (Å²) in [5.41, 5.74) is 1.51. The van der Waals surface area contributed by atoms with Gasteiger partial charge in [0.15, 0.2) is 0 Å². The molecule has 0 bridgehead atoms. The van der Waals surface area contributed by atoms with Gasteiger partial charge in [-0.2, -0.15) is 5.70 Å². The van der Waals surface area contributed by atoms with Gasteiger partial charge < -0.3 is 20.2 Å². The molecule has 0 aromatic carbocycles. The van der Waals surface area contributed by atoms with Gasteiger partial charge in [-0.25, -0.2) is 0 Å². The minimum atomic E-state index is 0. The van der Waals surface area contributed by atoms with Crippen LogP contribution in [0.25, 0.3) is 5.32 Å². The van der Waals surface area contributed by atoms with Crippen molar-refractivity contribution in [1.82, 2.24) is 0 Å². The standard InChI is InChI=1S/C13H22N.C2H7Si.2CH3.Ti/c1-6-13(5,12(2,3)4)14-11-9-7-8-10-11;1-3-2;;;/h7-9H,6,10H2,1-5H3;3H,1-2H3;2*1H3;/q-1;;2*-1;+3. The first kappa shape index (κ1) is 28.4. The van der Waals surface area contributed by atoms with Crippen LogP contribution >= 0.6 is 0 Å². The van der Waals surface area contributed by atoms with Crippen LogP contribution in [0.1, 0.15) is 47.5 Å². The third-order valence-corrected chi connectivity index (χ3v) is 3.45. The minimum Gasteiger partial charge on any atom is -0.682 e. The summed E-state index contributed by atoms with van der Waals surface area (Å²) in [6, 6.07) is 0. The van der Waals surface area contributed by atoms with E-state index in [-0.39, 0.29) is 47.5 Å². The van der Waals surface area contributed by atoms with Crippen molar-refractivity contribution < 1.29 is 21.7 Å². The SMILES string of the molecule is CCC(C)([N-]C1=CC=CC1)C(C)(C)C.C[SiH]C.[CH3-].[CH3-].[Ti+3]. The van der Waals surface area contributed by atoms with Gasteiger partial charge in [0.2, 0.25) is 0 Å². The van der Waals surface area contributed by atoms with Gasteiger partial charge in [-0.15, -0.1) is 5.54 Å². The molecule has 1 unspecified atom stereocenters. The molecule has 0 aromatic rings. The second kappa shape index (κ2) is 12.9. The number of nitrogens with zero attached hydrogens (tertiary/aromatic N) is 1. The van der Waals surface area contributed by atoms with E-state index in [1.807, 2.05) is 0 Å². The number of hydrogen-bond donors (Lipinski definition) is 0. The molecule has 0 heterocycles. The monoisotopic (exact) mass is 329 g/mol. The molecular weight excluding hydrogens is 294 g/mol. The van der Waals surface area contributed by atoms with Crippen molar-refractivity contribution in [1.29, 1.82) is 0 Å². The molecule has 1 aliphatic carbocycles. The molecule has 0 aromatic heterocycles. The molecule has 0 N–H and O–H groups in total. The third-order valence-electron chi connectivity index (χ3n) is 3.45. The molecule has 20 heavy (non-hydrogen) atoms. The Balaban J connectivity index is -0.000000196. The first-order valence-electron chi connectivity index (χ1n) is 6.63. The summed E-state index contributed by atoms with van der Waals surface area (Å²) in [4.78, 5) is 0. The van der Waals surface area contributed by atoms with E-state index in [0.29, 0.717) is 0 Å². The van der Waals surface area contributed by atoms with Crippen LogP contribution in [0.5, 0.6) is 0 Å². The molecule has 1 atom stereocenters. The Hall–Kier alpha value is 0.211. The largest absolute Gasteiger partial charge is 3.00 e. The van der Waals surface area contributed by atoms with Crippen molar-refractivity contribution in [3.05, 3.63) is 44.1 Å². The first-order valence-corrected chi connectivity index (χ1v) is 8.94. The average molecular weight is 329 g/mol. The molecule has 1 nitrogen and oxygen atoms in total. The molecule has 2 radical (unpaired) electrons. The molecular formula is C17H35NSiTi. The second-order valence-corrected chi connectivity index (χ2v) is 7.01. The van der Waals surface area contributed by atoms with E-state index in [1.165, 1.54) is 5.70 Å². The van der Waals surface area contributed by atoms with E-state index in [0.717, 1.165) is 22.4 Å². The molecule has 0 spiro atoms. The van der Waals surface area contributed by atoms with Crippen LogP contribution in [-0.2, 0) is 21.7 Å². The Morgan fingerprint density at radius 2 is 1.60 bits per heavy atom. The van der Waals surface area contributed by atoms with Crippen molar-refractivity contribution in [3.63, 3.8) is 0 Å². The Labute approximate surface area is 146 Å². The number of hydrogen-bond acceptors (Lipinski definition) is 0. The predicted molar refractivity (Wildman–Crippen MR) is 95.1 cm³/mol. The van der Waals surface area contributed by atoms with Crippen LogP contribution in [0, 0.1) is 20.3 Å². The molecule has 1 aliphatic rings. The zero-order chi connectivity index (χ0) is 13.5. The molecule has 1 rings (SSSR count). The smallest absolute Gasteiger partial charge is 0.682 e. The van der Waals surface area contributed by atoms with E-state index in [4.69, 9.17) is 5.32 Å².